The standard InChI is InChI=1S/C10H5Cl2N3O3/c11-6-3-7(5-13-4-6)18-10-8(15(16)17)1-2-9(12)14-10/h1-5H. The Labute approximate surface area is 111 Å². The van der Waals surface area contributed by atoms with Crippen molar-refractivity contribution in [3.05, 3.63) is 50.9 Å². The Morgan fingerprint density at radius 3 is 2.72 bits per heavy atom. The smallest absolute Gasteiger partial charge is 0.331 e. The minimum atomic E-state index is -0.614. The summed E-state index contributed by atoms with van der Waals surface area (Å²) < 4.78 is 5.25. The summed E-state index contributed by atoms with van der Waals surface area (Å²) in [5, 5.41) is 11.2. The quantitative estimate of drug-likeness (QED) is 0.490. The number of halogens is 2. The second-order valence-corrected chi connectivity index (χ2v) is 3.98. The molecular weight excluding hydrogens is 281 g/mol. The Balaban J connectivity index is 2.39. The van der Waals surface area contributed by atoms with Gasteiger partial charge in [0.05, 0.1) is 16.1 Å². The molecule has 0 amide bonds. The average molecular weight is 286 g/mol. The van der Waals surface area contributed by atoms with Crippen LogP contribution in [0.5, 0.6) is 11.6 Å². The van der Waals surface area contributed by atoms with E-state index in [2.05, 4.69) is 9.97 Å². The maximum absolute atomic E-state index is 10.8. The lowest BCUT2D eigenvalue weighted by molar-refractivity contribution is -0.386. The van der Waals surface area contributed by atoms with E-state index in [1.54, 1.807) is 0 Å². The van der Waals surface area contributed by atoms with Crippen LogP contribution in [-0.2, 0) is 0 Å². The van der Waals surface area contributed by atoms with Gasteiger partial charge < -0.3 is 4.74 Å². The molecule has 0 bridgehead atoms. The first-order valence-corrected chi connectivity index (χ1v) is 5.41. The van der Waals surface area contributed by atoms with E-state index in [9.17, 15) is 10.1 Å². The third kappa shape index (κ3) is 2.85. The topological polar surface area (TPSA) is 78.2 Å². The predicted molar refractivity (Wildman–Crippen MR) is 65.2 cm³/mol. The highest BCUT2D eigenvalue weighted by molar-refractivity contribution is 6.30. The molecule has 0 N–H and O–H groups in total. The van der Waals surface area contributed by atoms with E-state index in [1.165, 1.54) is 30.6 Å². The third-order valence-corrected chi connectivity index (χ3v) is 2.31. The van der Waals surface area contributed by atoms with E-state index in [0.717, 1.165) is 0 Å². The highest BCUT2D eigenvalue weighted by atomic mass is 35.5. The fourth-order valence-electron chi connectivity index (χ4n) is 1.18. The van der Waals surface area contributed by atoms with Gasteiger partial charge in [0.25, 0.3) is 0 Å². The highest BCUT2D eigenvalue weighted by Crippen LogP contribution is 2.30. The number of hydrogen-bond acceptors (Lipinski definition) is 5. The lowest BCUT2D eigenvalue weighted by Gasteiger charge is -2.05. The van der Waals surface area contributed by atoms with Crippen LogP contribution >= 0.6 is 23.2 Å². The first-order valence-electron chi connectivity index (χ1n) is 4.65. The fourth-order valence-corrected chi connectivity index (χ4v) is 1.49. The van der Waals surface area contributed by atoms with Crippen molar-refractivity contribution in [2.24, 2.45) is 0 Å². The SMILES string of the molecule is O=[N+]([O-])c1ccc(Cl)nc1Oc1cncc(Cl)c1. The molecule has 2 heterocycles. The zero-order valence-corrected chi connectivity index (χ0v) is 10.2. The molecule has 0 atom stereocenters. The molecule has 2 aromatic rings. The highest BCUT2D eigenvalue weighted by Gasteiger charge is 2.18. The van der Waals surface area contributed by atoms with Gasteiger partial charge in [-0.25, -0.2) is 0 Å². The van der Waals surface area contributed by atoms with Gasteiger partial charge in [-0.2, -0.15) is 4.98 Å². The summed E-state index contributed by atoms with van der Waals surface area (Å²) in [7, 11) is 0. The number of pyridine rings is 2. The summed E-state index contributed by atoms with van der Waals surface area (Å²) in [5.41, 5.74) is -0.292. The molecule has 0 fully saturated rings. The summed E-state index contributed by atoms with van der Waals surface area (Å²) in [5.74, 6) is 0.0249. The van der Waals surface area contributed by atoms with Crippen molar-refractivity contribution in [1.82, 2.24) is 9.97 Å². The van der Waals surface area contributed by atoms with E-state index >= 15 is 0 Å². The van der Waals surface area contributed by atoms with Crippen molar-refractivity contribution < 1.29 is 9.66 Å². The van der Waals surface area contributed by atoms with Gasteiger partial charge in [-0.05, 0) is 6.07 Å². The van der Waals surface area contributed by atoms with Crippen molar-refractivity contribution in [2.45, 2.75) is 0 Å². The van der Waals surface area contributed by atoms with Crippen molar-refractivity contribution in [3.63, 3.8) is 0 Å². The molecule has 2 rings (SSSR count). The zero-order chi connectivity index (χ0) is 13.1. The molecule has 0 saturated heterocycles. The number of nitro groups is 1. The van der Waals surface area contributed by atoms with Crippen molar-refractivity contribution in [2.75, 3.05) is 0 Å². The van der Waals surface area contributed by atoms with Gasteiger partial charge in [-0.15, -0.1) is 0 Å². The molecule has 0 unspecified atom stereocenters. The molecule has 2 aromatic heterocycles. The van der Waals surface area contributed by atoms with E-state index in [1.807, 2.05) is 0 Å². The molecule has 8 heteroatoms. The van der Waals surface area contributed by atoms with Crippen LogP contribution in [0.1, 0.15) is 0 Å². The first-order chi connectivity index (χ1) is 8.56. The van der Waals surface area contributed by atoms with E-state index in [0.29, 0.717) is 5.02 Å². The van der Waals surface area contributed by atoms with Crippen LogP contribution in [0.4, 0.5) is 5.69 Å². The second kappa shape index (κ2) is 5.16. The first kappa shape index (κ1) is 12.5. The number of ether oxygens (including phenoxy) is 1. The molecule has 0 aromatic carbocycles. The monoisotopic (exact) mass is 285 g/mol. The maximum Gasteiger partial charge on any atom is 0.331 e. The van der Waals surface area contributed by atoms with Gasteiger partial charge in [-0.3, -0.25) is 15.1 Å². The van der Waals surface area contributed by atoms with Crippen molar-refractivity contribution >= 4 is 28.9 Å². The number of rotatable bonds is 3. The third-order valence-electron chi connectivity index (χ3n) is 1.90. The fraction of sp³-hybridized carbons (Fsp3) is 0. The summed E-state index contributed by atoms with van der Waals surface area (Å²) in [4.78, 5) is 17.7. The van der Waals surface area contributed by atoms with Gasteiger partial charge in [0.2, 0.25) is 0 Å². The van der Waals surface area contributed by atoms with Crippen LogP contribution in [0.3, 0.4) is 0 Å². The van der Waals surface area contributed by atoms with Gasteiger partial charge in [0.15, 0.2) is 0 Å². The Morgan fingerprint density at radius 2 is 2.06 bits per heavy atom. The van der Waals surface area contributed by atoms with E-state index in [-0.39, 0.29) is 22.5 Å². The summed E-state index contributed by atoms with van der Waals surface area (Å²) in [6.45, 7) is 0. The molecule has 0 aliphatic heterocycles. The summed E-state index contributed by atoms with van der Waals surface area (Å²) >= 11 is 11.4. The predicted octanol–water partition coefficient (Wildman–Crippen LogP) is 3.48. The van der Waals surface area contributed by atoms with E-state index < -0.39 is 4.92 Å². The molecule has 0 aliphatic rings. The molecule has 0 aliphatic carbocycles. The summed E-state index contributed by atoms with van der Waals surface area (Å²) in [6, 6.07) is 3.98. The normalized spacial score (nSPS) is 10.1. The Morgan fingerprint density at radius 1 is 1.28 bits per heavy atom. The lowest BCUT2D eigenvalue weighted by Crippen LogP contribution is -1.96. The van der Waals surface area contributed by atoms with Crippen LogP contribution in [0.2, 0.25) is 10.2 Å². The number of aromatic nitrogens is 2. The van der Waals surface area contributed by atoms with Gasteiger partial charge in [0.1, 0.15) is 10.9 Å². The van der Waals surface area contributed by atoms with Crippen LogP contribution in [-0.4, -0.2) is 14.9 Å². The van der Waals surface area contributed by atoms with Gasteiger partial charge >= 0.3 is 11.6 Å². The second-order valence-electron chi connectivity index (χ2n) is 3.16. The number of hydrogen-bond donors (Lipinski definition) is 0. The average Bonchev–Trinajstić information content (AvgIpc) is 2.28. The Kier molecular flexibility index (Phi) is 3.59. The van der Waals surface area contributed by atoms with Crippen LogP contribution in [0.15, 0.2) is 30.6 Å². The van der Waals surface area contributed by atoms with Crippen LogP contribution < -0.4 is 4.74 Å². The largest absolute Gasteiger partial charge is 0.432 e. The maximum atomic E-state index is 10.8. The van der Waals surface area contributed by atoms with Crippen molar-refractivity contribution in [3.8, 4) is 11.6 Å². The molecule has 0 spiro atoms. The summed E-state index contributed by atoms with van der Waals surface area (Å²) in [6.07, 6.45) is 2.77. The van der Waals surface area contributed by atoms with Gasteiger partial charge in [0, 0.05) is 18.3 Å². The molecule has 6 nitrogen and oxygen atoms in total. The minimum absolute atomic E-state index is 0.0885. The van der Waals surface area contributed by atoms with Crippen LogP contribution in [0, 0.1) is 10.1 Å². The van der Waals surface area contributed by atoms with Crippen molar-refractivity contribution in [1.29, 1.82) is 0 Å². The minimum Gasteiger partial charge on any atom is -0.432 e. The van der Waals surface area contributed by atoms with Crippen LogP contribution in [0.25, 0.3) is 0 Å². The zero-order valence-electron chi connectivity index (χ0n) is 8.71. The van der Waals surface area contributed by atoms with E-state index in [4.69, 9.17) is 27.9 Å². The number of nitrogens with zero attached hydrogens (tertiary/aromatic N) is 3. The molecule has 18 heavy (non-hydrogen) atoms. The molecule has 92 valence electrons. The van der Waals surface area contributed by atoms with Gasteiger partial charge in [-0.1, -0.05) is 23.2 Å². The Bertz CT molecular complexity index is 607. The molecule has 0 saturated carbocycles. The lowest BCUT2D eigenvalue weighted by atomic mass is 10.4. The Hall–Kier alpha value is -1.92. The molecule has 0 radical (unpaired) electrons. The molecular formula is C10H5Cl2N3O3.